The third-order valence-corrected chi connectivity index (χ3v) is 3.75. The minimum absolute atomic E-state index is 0.123. The lowest BCUT2D eigenvalue weighted by Crippen LogP contribution is -2.53. The van der Waals surface area contributed by atoms with E-state index in [2.05, 4.69) is 17.1 Å². The number of alkyl carbamates (subject to hydrolysis) is 1. The summed E-state index contributed by atoms with van der Waals surface area (Å²) in [5.74, 6) is -0.765. The maximum atomic E-state index is 11.5. The van der Waals surface area contributed by atoms with Crippen molar-refractivity contribution in [1.29, 1.82) is 0 Å². The molecule has 7 heteroatoms. The van der Waals surface area contributed by atoms with Crippen LogP contribution in [0, 0.1) is 0 Å². The van der Waals surface area contributed by atoms with Crippen molar-refractivity contribution in [2.45, 2.75) is 52.2 Å². The van der Waals surface area contributed by atoms with E-state index in [0.29, 0.717) is 12.6 Å². The second kappa shape index (κ2) is 9.08. The van der Waals surface area contributed by atoms with Crippen LogP contribution in [0.4, 0.5) is 4.79 Å². The molecule has 1 aliphatic rings. The SMILES string of the molecule is C[C@@H]1CN(CC(=O)O)CCN1CCCCNC(=O)OC(C)(C)C. The molecule has 1 atom stereocenters. The molecule has 0 aliphatic carbocycles. The van der Waals surface area contributed by atoms with Crippen molar-refractivity contribution in [2.75, 3.05) is 39.3 Å². The third-order valence-electron chi connectivity index (χ3n) is 3.75. The molecule has 1 rings (SSSR count). The van der Waals surface area contributed by atoms with Gasteiger partial charge >= 0.3 is 12.1 Å². The summed E-state index contributed by atoms with van der Waals surface area (Å²) >= 11 is 0. The number of amides is 1. The Balaban J connectivity index is 2.12. The summed E-state index contributed by atoms with van der Waals surface area (Å²) in [4.78, 5) is 26.6. The van der Waals surface area contributed by atoms with Crippen molar-refractivity contribution in [1.82, 2.24) is 15.1 Å². The van der Waals surface area contributed by atoms with Crippen LogP contribution in [0.5, 0.6) is 0 Å². The Kier molecular flexibility index (Phi) is 7.78. The van der Waals surface area contributed by atoms with E-state index >= 15 is 0 Å². The number of unbranched alkanes of at least 4 members (excludes halogenated alkanes) is 1. The quantitative estimate of drug-likeness (QED) is 0.687. The first-order chi connectivity index (χ1) is 10.7. The number of piperazine rings is 1. The molecule has 1 heterocycles. The number of hydrogen-bond acceptors (Lipinski definition) is 5. The number of nitrogens with one attached hydrogen (secondary N) is 1. The molecule has 1 fully saturated rings. The first-order valence-corrected chi connectivity index (χ1v) is 8.32. The van der Waals surface area contributed by atoms with Crippen LogP contribution in [-0.4, -0.2) is 77.9 Å². The largest absolute Gasteiger partial charge is 0.480 e. The lowest BCUT2D eigenvalue weighted by atomic mass is 10.1. The Morgan fingerprint density at radius 2 is 1.96 bits per heavy atom. The van der Waals surface area contributed by atoms with Crippen molar-refractivity contribution >= 4 is 12.1 Å². The number of rotatable bonds is 7. The van der Waals surface area contributed by atoms with E-state index in [1.807, 2.05) is 25.7 Å². The van der Waals surface area contributed by atoms with Gasteiger partial charge in [0.1, 0.15) is 5.60 Å². The van der Waals surface area contributed by atoms with Gasteiger partial charge in [0.25, 0.3) is 0 Å². The highest BCUT2D eigenvalue weighted by molar-refractivity contribution is 5.69. The normalized spacial score (nSPS) is 20.3. The van der Waals surface area contributed by atoms with E-state index in [0.717, 1.165) is 39.0 Å². The van der Waals surface area contributed by atoms with Crippen LogP contribution in [0.1, 0.15) is 40.5 Å². The van der Waals surface area contributed by atoms with Crippen molar-refractivity contribution < 1.29 is 19.4 Å². The molecule has 0 bridgehead atoms. The molecular formula is C16H31N3O4. The number of carbonyl (C=O) groups is 2. The number of ether oxygens (including phenoxy) is 1. The number of carbonyl (C=O) groups excluding carboxylic acids is 1. The number of carboxylic acid groups (broad SMARTS) is 1. The van der Waals surface area contributed by atoms with Crippen LogP contribution in [0.15, 0.2) is 0 Å². The van der Waals surface area contributed by atoms with E-state index < -0.39 is 11.6 Å². The third kappa shape index (κ3) is 8.76. The average Bonchev–Trinajstić information content (AvgIpc) is 2.37. The molecule has 0 radical (unpaired) electrons. The monoisotopic (exact) mass is 329 g/mol. The summed E-state index contributed by atoms with van der Waals surface area (Å²) in [7, 11) is 0. The zero-order chi connectivity index (χ0) is 17.5. The minimum Gasteiger partial charge on any atom is -0.480 e. The van der Waals surface area contributed by atoms with Gasteiger partial charge in [0.15, 0.2) is 0 Å². The molecule has 1 aliphatic heterocycles. The van der Waals surface area contributed by atoms with E-state index in [1.165, 1.54) is 0 Å². The van der Waals surface area contributed by atoms with E-state index in [-0.39, 0.29) is 12.6 Å². The average molecular weight is 329 g/mol. The van der Waals surface area contributed by atoms with E-state index in [4.69, 9.17) is 9.84 Å². The second-order valence-corrected chi connectivity index (χ2v) is 7.15. The van der Waals surface area contributed by atoms with Crippen LogP contribution in [-0.2, 0) is 9.53 Å². The van der Waals surface area contributed by atoms with Gasteiger partial charge in [0, 0.05) is 32.2 Å². The summed E-state index contributed by atoms with van der Waals surface area (Å²) in [6.07, 6.45) is 1.54. The fourth-order valence-electron chi connectivity index (χ4n) is 2.68. The van der Waals surface area contributed by atoms with Crippen molar-refractivity contribution in [3.05, 3.63) is 0 Å². The van der Waals surface area contributed by atoms with Gasteiger partial charge in [-0.25, -0.2) is 4.79 Å². The van der Waals surface area contributed by atoms with Gasteiger partial charge in [-0.1, -0.05) is 0 Å². The van der Waals surface area contributed by atoms with Gasteiger partial charge in [-0.15, -0.1) is 0 Å². The van der Waals surface area contributed by atoms with Crippen molar-refractivity contribution in [3.8, 4) is 0 Å². The molecule has 0 unspecified atom stereocenters. The topological polar surface area (TPSA) is 82.1 Å². The Bertz CT molecular complexity index is 395. The molecule has 0 spiro atoms. The molecule has 2 N–H and O–H groups in total. The van der Waals surface area contributed by atoms with Crippen molar-refractivity contribution in [2.24, 2.45) is 0 Å². The summed E-state index contributed by atoms with van der Waals surface area (Å²) in [6, 6.07) is 0.363. The zero-order valence-electron chi connectivity index (χ0n) is 14.8. The first kappa shape index (κ1) is 19.7. The van der Waals surface area contributed by atoms with Crippen LogP contribution in [0.3, 0.4) is 0 Å². The predicted molar refractivity (Wildman–Crippen MR) is 88.6 cm³/mol. The lowest BCUT2D eigenvalue weighted by molar-refractivity contribution is -0.139. The highest BCUT2D eigenvalue weighted by atomic mass is 16.6. The van der Waals surface area contributed by atoms with Crippen molar-refractivity contribution in [3.63, 3.8) is 0 Å². The van der Waals surface area contributed by atoms with Crippen LogP contribution < -0.4 is 5.32 Å². The fourth-order valence-corrected chi connectivity index (χ4v) is 2.68. The van der Waals surface area contributed by atoms with E-state index in [9.17, 15) is 9.59 Å². The van der Waals surface area contributed by atoms with Gasteiger partial charge in [-0.05, 0) is 47.1 Å². The van der Waals surface area contributed by atoms with Crippen LogP contribution in [0.2, 0.25) is 0 Å². The van der Waals surface area contributed by atoms with Gasteiger partial charge < -0.3 is 15.2 Å². The summed E-state index contributed by atoms with van der Waals surface area (Å²) < 4.78 is 5.18. The molecule has 7 nitrogen and oxygen atoms in total. The maximum absolute atomic E-state index is 11.5. The maximum Gasteiger partial charge on any atom is 0.407 e. The molecule has 0 aromatic heterocycles. The fraction of sp³-hybridized carbons (Fsp3) is 0.875. The Hall–Kier alpha value is -1.34. The molecule has 23 heavy (non-hydrogen) atoms. The molecule has 134 valence electrons. The Morgan fingerprint density at radius 3 is 2.52 bits per heavy atom. The predicted octanol–water partition coefficient (Wildman–Crippen LogP) is 1.38. The lowest BCUT2D eigenvalue weighted by Gasteiger charge is -2.39. The highest BCUT2D eigenvalue weighted by Crippen LogP contribution is 2.10. The highest BCUT2D eigenvalue weighted by Gasteiger charge is 2.24. The molecule has 0 aromatic carbocycles. The van der Waals surface area contributed by atoms with Gasteiger partial charge in [0.05, 0.1) is 6.54 Å². The Labute approximate surface area is 139 Å². The van der Waals surface area contributed by atoms with E-state index in [1.54, 1.807) is 0 Å². The number of carboxylic acids is 1. The minimum atomic E-state index is -0.765. The van der Waals surface area contributed by atoms with Crippen LogP contribution in [0.25, 0.3) is 0 Å². The standard InChI is InChI=1S/C16H31N3O4/c1-13-11-18(12-14(20)21)9-10-19(13)8-6-5-7-17-15(22)23-16(2,3)4/h13H,5-12H2,1-4H3,(H,17,22)(H,20,21)/t13-/m1/s1. The van der Waals surface area contributed by atoms with Crippen LogP contribution >= 0.6 is 0 Å². The number of aliphatic carboxylic acids is 1. The Morgan fingerprint density at radius 1 is 1.26 bits per heavy atom. The molecule has 0 aromatic rings. The molecular weight excluding hydrogens is 298 g/mol. The first-order valence-electron chi connectivity index (χ1n) is 8.32. The smallest absolute Gasteiger partial charge is 0.407 e. The van der Waals surface area contributed by atoms with Gasteiger partial charge in [-0.3, -0.25) is 14.6 Å². The second-order valence-electron chi connectivity index (χ2n) is 7.15. The zero-order valence-corrected chi connectivity index (χ0v) is 14.8. The van der Waals surface area contributed by atoms with Gasteiger partial charge in [-0.2, -0.15) is 0 Å². The number of hydrogen-bond donors (Lipinski definition) is 2. The van der Waals surface area contributed by atoms with Gasteiger partial charge in [0.2, 0.25) is 0 Å². The molecule has 0 saturated carbocycles. The summed E-state index contributed by atoms with van der Waals surface area (Å²) in [5.41, 5.74) is -0.463. The summed E-state index contributed by atoms with van der Waals surface area (Å²) in [6.45, 7) is 11.9. The molecule has 1 amide bonds. The molecule has 1 saturated heterocycles. The summed E-state index contributed by atoms with van der Waals surface area (Å²) in [5, 5.41) is 11.6. The number of nitrogens with zero attached hydrogens (tertiary/aromatic N) is 2.